The second-order valence-electron chi connectivity index (χ2n) is 2.41. The van der Waals surface area contributed by atoms with Crippen LogP contribution in [0, 0.1) is 0 Å². The van der Waals surface area contributed by atoms with Crippen LogP contribution in [0.5, 0.6) is 0 Å². The summed E-state index contributed by atoms with van der Waals surface area (Å²) in [5.74, 6) is -0.262. The van der Waals surface area contributed by atoms with Gasteiger partial charge in [-0.2, -0.15) is 5.06 Å². The van der Waals surface area contributed by atoms with Crippen LogP contribution in [0.1, 0.15) is 13.8 Å². The van der Waals surface area contributed by atoms with Crippen LogP contribution in [0.2, 0.25) is 0 Å². The normalized spacial score (nSPS) is 13.2. The average molecular weight is 161 g/mol. The number of rotatable bonds is 4. The molecule has 0 aromatic heterocycles. The minimum atomic E-state index is -0.262. The summed E-state index contributed by atoms with van der Waals surface area (Å²) in [7, 11) is 3.35. The van der Waals surface area contributed by atoms with Crippen LogP contribution < -0.4 is 0 Å². The first-order chi connectivity index (χ1) is 5.06. The fourth-order valence-electron chi connectivity index (χ4n) is 0.757. The van der Waals surface area contributed by atoms with Gasteiger partial charge in [-0.15, -0.1) is 0 Å². The van der Waals surface area contributed by atoms with Crippen LogP contribution in [0.25, 0.3) is 0 Å². The molecule has 0 saturated heterocycles. The number of nitrogens with zero attached hydrogens (tertiary/aromatic N) is 1. The molecule has 0 fully saturated rings. The molecule has 0 radical (unpaired) electrons. The molecule has 0 N–H and O–H groups in total. The summed E-state index contributed by atoms with van der Waals surface area (Å²) >= 11 is 0. The highest BCUT2D eigenvalue weighted by Gasteiger charge is 2.07. The van der Waals surface area contributed by atoms with Crippen molar-refractivity contribution >= 4 is 5.97 Å². The zero-order chi connectivity index (χ0) is 8.85. The Balaban J connectivity index is 3.51. The van der Waals surface area contributed by atoms with Gasteiger partial charge < -0.3 is 9.57 Å². The second kappa shape index (κ2) is 5.09. The Bertz CT molecular complexity index is 127. The Hall–Kier alpha value is -0.610. The highest BCUT2D eigenvalue weighted by molar-refractivity contribution is 5.66. The van der Waals surface area contributed by atoms with Crippen LogP contribution in [-0.2, 0) is 14.4 Å². The minimum Gasteiger partial charge on any atom is -0.461 e. The molecule has 1 unspecified atom stereocenters. The Kier molecular flexibility index (Phi) is 4.81. The molecule has 0 aliphatic heterocycles. The zero-order valence-electron chi connectivity index (χ0n) is 7.46. The molecule has 0 spiro atoms. The van der Waals surface area contributed by atoms with E-state index in [2.05, 4.69) is 0 Å². The number of hydrogen-bond acceptors (Lipinski definition) is 4. The van der Waals surface area contributed by atoms with Gasteiger partial charge in [0.15, 0.2) is 0 Å². The maximum atomic E-state index is 10.4. The van der Waals surface area contributed by atoms with Crippen molar-refractivity contribution in [3.8, 4) is 0 Å². The van der Waals surface area contributed by atoms with E-state index in [-0.39, 0.29) is 12.1 Å². The first kappa shape index (κ1) is 10.4. The van der Waals surface area contributed by atoms with Gasteiger partial charge >= 0.3 is 5.97 Å². The topological polar surface area (TPSA) is 38.8 Å². The van der Waals surface area contributed by atoms with Gasteiger partial charge in [0, 0.05) is 14.0 Å². The summed E-state index contributed by atoms with van der Waals surface area (Å²) < 4.78 is 4.86. The Morgan fingerprint density at radius 3 is 2.55 bits per heavy atom. The molecule has 0 aromatic rings. The first-order valence-corrected chi connectivity index (χ1v) is 3.48. The highest BCUT2D eigenvalue weighted by atomic mass is 16.7. The maximum Gasteiger partial charge on any atom is 0.302 e. The van der Waals surface area contributed by atoms with Gasteiger partial charge in [0.1, 0.15) is 6.10 Å². The van der Waals surface area contributed by atoms with Crippen molar-refractivity contribution in [1.29, 1.82) is 0 Å². The van der Waals surface area contributed by atoms with E-state index in [1.807, 2.05) is 6.92 Å². The highest BCUT2D eigenvalue weighted by Crippen LogP contribution is 1.94. The Morgan fingerprint density at radius 1 is 1.64 bits per heavy atom. The van der Waals surface area contributed by atoms with Crippen molar-refractivity contribution in [2.75, 3.05) is 20.7 Å². The van der Waals surface area contributed by atoms with Crippen LogP contribution >= 0.6 is 0 Å². The fraction of sp³-hybridized carbons (Fsp3) is 0.857. The molecule has 1 atom stereocenters. The number of esters is 1. The summed E-state index contributed by atoms with van der Waals surface area (Å²) in [6.07, 6.45) is -0.127. The molecule has 66 valence electrons. The number of carbonyl (C=O) groups is 1. The van der Waals surface area contributed by atoms with Crippen LogP contribution in [0.4, 0.5) is 0 Å². The third kappa shape index (κ3) is 5.82. The Labute approximate surface area is 67.0 Å². The molecule has 0 aliphatic carbocycles. The van der Waals surface area contributed by atoms with Gasteiger partial charge in [-0.05, 0) is 6.92 Å². The molecule has 0 saturated carbocycles. The smallest absolute Gasteiger partial charge is 0.302 e. The van der Waals surface area contributed by atoms with E-state index in [0.29, 0.717) is 6.54 Å². The zero-order valence-corrected chi connectivity index (χ0v) is 7.46. The summed E-state index contributed by atoms with van der Waals surface area (Å²) in [5, 5.41) is 1.60. The van der Waals surface area contributed by atoms with E-state index in [4.69, 9.17) is 9.57 Å². The van der Waals surface area contributed by atoms with Gasteiger partial charge in [0.25, 0.3) is 0 Å². The van der Waals surface area contributed by atoms with E-state index in [0.717, 1.165) is 0 Å². The SMILES string of the molecule is CON(C)CC(C)OC(C)=O. The maximum absolute atomic E-state index is 10.4. The quantitative estimate of drug-likeness (QED) is 0.443. The molecular weight excluding hydrogens is 146 g/mol. The predicted octanol–water partition coefficient (Wildman–Crippen LogP) is 0.431. The van der Waals surface area contributed by atoms with E-state index in [1.165, 1.54) is 6.92 Å². The van der Waals surface area contributed by atoms with Crippen molar-refractivity contribution in [2.24, 2.45) is 0 Å². The summed E-state index contributed by atoms with van der Waals surface area (Å²) in [6.45, 7) is 3.79. The standard InChI is InChI=1S/C7H15NO3/c1-6(11-7(2)9)5-8(3)10-4/h6H,5H2,1-4H3. The van der Waals surface area contributed by atoms with Gasteiger partial charge in [0.05, 0.1) is 13.7 Å². The van der Waals surface area contributed by atoms with Crippen LogP contribution in [0.3, 0.4) is 0 Å². The number of hydroxylamine groups is 2. The van der Waals surface area contributed by atoms with Crippen molar-refractivity contribution in [1.82, 2.24) is 5.06 Å². The first-order valence-electron chi connectivity index (χ1n) is 3.48. The third-order valence-corrected chi connectivity index (χ3v) is 1.19. The van der Waals surface area contributed by atoms with Crippen molar-refractivity contribution in [2.45, 2.75) is 20.0 Å². The van der Waals surface area contributed by atoms with E-state index >= 15 is 0 Å². The number of ether oxygens (including phenoxy) is 1. The van der Waals surface area contributed by atoms with Gasteiger partial charge in [-0.1, -0.05) is 0 Å². The lowest BCUT2D eigenvalue weighted by Gasteiger charge is -2.18. The lowest BCUT2D eigenvalue weighted by atomic mass is 10.4. The summed E-state index contributed by atoms with van der Waals surface area (Å²) in [6, 6.07) is 0. The summed E-state index contributed by atoms with van der Waals surface area (Å²) in [4.78, 5) is 15.3. The lowest BCUT2D eigenvalue weighted by molar-refractivity contribution is -0.158. The molecule has 4 nitrogen and oxygen atoms in total. The fourth-order valence-corrected chi connectivity index (χ4v) is 0.757. The number of hydrogen-bond donors (Lipinski definition) is 0. The van der Waals surface area contributed by atoms with E-state index < -0.39 is 0 Å². The van der Waals surface area contributed by atoms with Crippen molar-refractivity contribution < 1.29 is 14.4 Å². The number of likely N-dealkylation sites (N-methyl/N-ethyl adjacent to an activating group) is 1. The molecule has 0 aromatic carbocycles. The molecule has 0 rings (SSSR count). The third-order valence-electron chi connectivity index (χ3n) is 1.19. The van der Waals surface area contributed by atoms with Gasteiger partial charge in [-0.3, -0.25) is 4.79 Å². The Morgan fingerprint density at radius 2 is 2.18 bits per heavy atom. The van der Waals surface area contributed by atoms with Gasteiger partial charge in [0.2, 0.25) is 0 Å². The molecule has 0 bridgehead atoms. The van der Waals surface area contributed by atoms with E-state index in [1.54, 1.807) is 19.2 Å². The average Bonchev–Trinajstić information content (AvgIpc) is 1.85. The summed E-state index contributed by atoms with van der Waals surface area (Å²) in [5.41, 5.74) is 0. The molecule has 0 aliphatic rings. The second-order valence-corrected chi connectivity index (χ2v) is 2.41. The van der Waals surface area contributed by atoms with Crippen molar-refractivity contribution in [3.05, 3.63) is 0 Å². The molecule has 0 amide bonds. The van der Waals surface area contributed by atoms with Crippen LogP contribution in [0.15, 0.2) is 0 Å². The molecule has 0 heterocycles. The van der Waals surface area contributed by atoms with Gasteiger partial charge in [-0.25, -0.2) is 0 Å². The molecule has 11 heavy (non-hydrogen) atoms. The molecular formula is C7H15NO3. The number of carbonyl (C=O) groups excluding carboxylic acids is 1. The molecule has 4 heteroatoms. The van der Waals surface area contributed by atoms with Crippen LogP contribution in [-0.4, -0.2) is 37.8 Å². The minimum absolute atomic E-state index is 0.127. The van der Waals surface area contributed by atoms with E-state index in [9.17, 15) is 4.79 Å². The monoisotopic (exact) mass is 161 g/mol. The predicted molar refractivity (Wildman–Crippen MR) is 40.9 cm³/mol. The van der Waals surface area contributed by atoms with Crippen molar-refractivity contribution in [3.63, 3.8) is 0 Å². The lowest BCUT2D eigenvalue weighted by Crippen LogP contribution is -2.29. The largest absolute Gasteiger partial charge is 0.461 e.